The van der Waals surface area contributed by atoms with E-state index in [-0.39, 0.29) is 29.0 Å². The molecule has 1 aromatic heterocycles. The molecule has 0 aliphatic rings. The maximum atomic E-state index is 13.3. The van der Waals surface area contributed by atoms with E-state index in [1.807, 2.05) is 6.92 Å². The lowest BCUT2D eigenvalue weighted by Gasteiger charge is -2.17. The first-order valence-corrected chi connectivity index (χ1v) is 9.83. The van der Waals surface area contributed by atoms with Crippen LogP contribution in [0.2, 0.25) is 0 Å². The van der Waals surface area contributed by atoms with Crippen LogP contribution in [-0.4, -0.2) is 24.2 Å². The molecule has 2 aromatic carbocycles. The summed E-state index contributed by atoms with van der Waals surface area (Å²) in [6, 6.07) is 12.2. The Balaban J connectivity index is 1.84. The van der Waals surface area contributed by atoms with Crippen LogP contribution in [0, 0.1) is 0 Å². The van der Waals surface area contributed by atoms with Crippen LogP contribution in [0.1, 0.15) is 37.5 Å². The van der Waals surface area contributed by atoms with Crippen molar-refractivity contribution in [1.29, 1.82) is 0 Å². The number of halogens is 3. The molecule has 0 amide bonds. The third kappa shape index (κ3) is 5.52. The Hall–Kier alpha value is -3.13. The predicted molar refractivity (Wildman–Crippen MR) is 109 cm³/mol. The number of fused-ring (bicyclic) bond motifs is 1. The van der Waals surface area contributed by atoms with Crippen molar-refractivity contribution in [2.24, 2.45) is 0 Å². The van der Waals surface area contributed by atoms with Gasteiger partial charge in [-0.3, -0.25) is 9.78 Å². The van der Waals surface area contributed by atoms with Gasteiger partial charge in [0.05, 0.1) is 30.2 Å². The molecule has 3 aromatic rings. The molecule has 0 aliphatic carbocycles. The van der Waals surface area contributed by atoms with E-state index < -0.39 is 17.8 Å². The number of ether oxygens (including phenoxy) is 3. The predicted octanol–water partition coefficient (Wildman–Crippen LogP) is 6.08. The lowest BCUT2D eigenvalue weighted by atomic mass is 10.1. The quantitative estimate of drug-likeness (QED) is 0.395. The number of rotatable bonds is 8. The second-order valence-corrected chi connectivity index (χ2v) is 6.63. The maximum absolute atomic E-state index is 13.3. The minimum Gasteiger partial charge on any atom is -0.466 e. The van der Waals surface area contributed by atoms with Gasteiger partial charge in [-0.2, -0.15) is 13.2 Å². The number of pyridine rings is 1. The van der Waals surface area contributed by atoms with Crippen molar-refractivity contribution in [3.05, 3.63) is 65.9 Å². The SMILES string of the molecule is CCOC(CC(=O)O[22CH2]C)c1ccc(Oc2ccnc3c(C(F)(F)F)cccc23)cc1. The molecule has 5 nitrogen and oxygen atoms in total. The molecule has 0 N–H and O–H groups in total. The molecule has 0 aliphatic heterocycles. The van der Waals surface area contributed by atoms with Gasteiger partial charge in [-0.15, -0.1) is 0 Å². The van der Waals surface area contributed by atoms with Gasteiger partial charge in [0.1, 0.15) is 11.5 Å². The Labute approximate surface area is 177 Å². The van der Waals surface area contributed by atoms with Crippen molar-refractivity contribution >= 4 is 16.9 Å². The molecule has 8 heteroatoms. The zero-order valence-corrected chi connectivity index (χ0v) is 17.1. The first-order chi connectivity index (χ1) is 14.8. The minimum absolute atomic E-state index is 0.0805. The summed E-state index contributed by atoms with van der Waals surface area (Å²) in [5.74, 6) is 0.335. The molecule has 3 rings (SSSR count). The average molecular weight is 443 g/mol. The molecule has 0 fully saturated rings. The Morgan fingerprint density at radius 3 is 2.52 bits per heavy atom. The van der Waals surface area contributed by atoms with E-state index in [0.29, 0.717) is 19.0 Å². The molecule has 0 bridgehead atoms. The first kappa shape index (κ1) is 22.6. The van der Waals surface area contributed by atoms with Crippen LogP contribution >= 0.6 is 0 Å². The Morgan fingerprint density at radius 1 is 1.13 bits per heavy atom. The molecule has 164 valence electrons. The number of benzene rings is 2. The molecule has 0 saturated heterocycles. The zero-order valence-electron chi connectivity index (χ0n) is 17.1. The fraction of sp³-hybridized carbons (Fsp3) is 0.304. The fourth-order valence-electron chi connectivity index (χ4n) is 3.19. The molecule has 0 radical (unpaired) electrons. The summed E-state index contributed by atoms with van der Waals surface area (Å²) in [5.41, 5.74) is -0.222. The number of carbonyl (C=O) groups is 1. The summed E-state index contributed by atoms with van der Waals surface area (Å²) in [7, 11) is 0. The minimum atomic E-state index is -4.51. The highest BCUT2D eigenvalue weighted by molar-refractivity contribution is 5.88. The first-order valence-electron chi connectivity index (χ1n) is 9.83. The average Bonchev–Trinajstić information content (AvgIpc) is 2.73. The summed E-state index contributed by atoms with van der Waals surface area (Å²) in [5, 5.41) is 0.260. The Kier molecular flexibility index (Phi) is 7.12. The number of aromatic nitrogens is 1. The largest absolute Gasteiger partial charge is 0.466 e. The molecular weight excluding hydrogens is 421 g/mol. The molecule has 0 saturated carbocycles. The van der Waals surface area contributed by atoms with Crippen LogP contribution in [0.25, 0.3) is 10.9 Å². The van der Waals surface area contributed by atoms with Gasteiger partial charge in [0, 0.05) is 18.2 Å². The highest BCUT2D eigenvalue weighted by atomic mass is 22.3. The van der Waals surface area contributed by atoms with Gasteiger partial charge in [0.25, 0.3) is 0 Å². The zero-order chi connectivity index (χ0) is 22.4. The molecule has 1 unspecified atom stereocenters. The van der Waals surface area contributed by atoms with Crippen molar-refractivity contribution < 1.29 is 32.2 Å². The number of nitrogens with zero attached hydrogens (tertiary/aromatic N) is 1. The molecule has 1 atom stereocenters. The van der Waals surface area contributed by atoms with Crippen LogP contribution in [0.5, 0.6) is 11.5 Å². The molecule has 1 heterocycles. The van der Waals surface area contributed by atoms with Crippen molar-refractivity contribution in [1.82, 2.24) is 4.98 Å². The standard InChI is InChI=1S/C23H22F3NO4/c1-3-29-20(14-21(28)30-4-2)15-8-10-16(11-9-15)31-19-12-13-27-22-17(19)6-5-7-18(22)23(24,25)26/h5-13,20H,3-4,14H2,1-2H3/i4+10. The van der Waals surface area contributed by atoms with E-state index in [2.05, 4.69) is 4.98 Å². The molecule has 31 heavy (non-hydrogen) atoms. The summed E-state index contributed by atoms with van der Waals surface area (Å²) in [6.45, 7) is 4.28. The number of esters is 1. The van der Waals surface area contributed by atoms with Gasteiger partial charge in [0.15, 0.2) is 0 Å². The van der Waals surface area contributed by atoms with Gasteiger partial charge in [0.2, 0.25) is 0 Å². The lowest BCUT2D eigenvalue weighted by Crippen LogP contribution is -2.13. The number of hydrogen-bond donors (Lipinski definition) is 0. The van der Waals surface area contributed by atoms with Gasteiger partial charge in [-0.25, -0.2) is 0 Å². The monoisotopic (exact) mass is 443 g/mol. The Bertz CT molecular complexity index is 1040. The smallest absolute Gasteiger partial charge is 0.418 e. The topological polar surface area (TPSA) is 57.7 Å². The van der Waals surface area contributed by atoms with E-state index in [0.717, 1.165) is 11.6 Å². The summed E-state index contributed by atoms with van der Waals surface area (Å²) < 4.78 is 56.3. The van der Waals surface area contributed by atoms with Crippen molar-refractivity contribution in [3.8, 4) is 11.5 Å². The second-order valence-electron chi connectivity index (χ2n) is 6.63. The van der Waals surface area contributed by atoms with E-state index in [1.165, 1.54) is 24.4 Å². The van der Waals surface area contributed by atoms with Crippen LogP contribution in [-0.2, 0) is 20.4 Å². The Morgan fingerprint density at radius 2 is 1.87 bits per heavy atom. The molecular formula is C23H22F3NO4. The van der Waals surface area contributed by atoms with E-state index in [4.69, 9.17) is 14.2 Å². The molecule has 0 spiro atoms. The third-order valence-electron chi connectivity index (χ3n) is 4.54. The van der Waals surface area contributed by atoms with Gasteiger partial charge in [-0.05, 0) is 49.7 Å². The number of para-hydroxylation sites is 1. The van der Waals surface area contributed by atoms with Gasteiger partial charge in [-0.1, -0.05) is 18.2 Å². The van der Waals surface area contributed by atoms with Gasteiger partial charge < -0.3 is 14.2 Å². The normalized spacial score (nSPS) is 12.5. The van der Waals surface area contributed by atoms with Crippen molar-refractivity contribution in [2.45, 2.75) is 32.5 Å². The fourth-order valence-corrected chi connectivity index (χ4v) is 3.19. The summed E-state index contributed by atoms with van der Waals surface area (Å²) >= 11 is 0. The van der Waals surface area contributed by atoms with E-state index in [9.17, 15) is 18.0 Å². The summed E-state index contributed by atoms with van der Waals surface area (Å²) in [6.07, 6.45) is -3.61. The highest BCUT2D eigenvalue weighted by Crippen LogP contribution is 2.37. The summed E-state index contributed by atoms with van der Waals surface area (Å²) in [4.78, 5) is 15.7. The van der Waals surface area contributed by atoms with E-state index >= 15 is 0 Å². The third-order valence-corrected chi connectivity index (χ3v) is 4.54. The van der Waals surface area contributed by atoms with Crippen LogP contribution < -0.4 is 4.74 Å². The number of carbonyl (C=O) groups excluding carboxylic acids is 1. The van der Waals surface area contributed by atoms with Crippen molar-refractivity contribution in [3.63, 3.8) is 0 Å². The number of hydrogen-bond acceptors (Lipinski definition) is 5. The lowest BCUT2D eigenvalue weighted by molar-refractivity contribution is -0.146. The highest BCUT2D eigenvalue weighted by Gasteiger charge is 2.33. The van der Waals surface area contributed by atoms with Crippen LogP contribution in [0.3, 0.4) is 0 Å². The maximum Gasteiger partial charge on any atom is 0.418 e. The second kappa shape index (κ2) is 9.78. The van der Waals surface area contributed by atoms with Crippen LogP contribution in [0.4, 0.5) is 13.2 Å². The van der Waals surface area contributed by atoms with Gasteiger partial charge >= 0.3 is 12.1 Å². The van der Waals surface area contributed by atoms with E-state index in [1.54, 1.807) is 31.2 Å². The van der Waals surface area contributed by atoms with Crippen molar-refractivity contribution in [2.75, 3.05) is 13.2 Å². The number of alkyl halides is 3. The van der Waals surface area contributed by atoms with Crippen LogP contribution in [0.15, 0.2) is 54.7 Å².